The van der Waals surface area contributed by atoms with Gasteiger partial charge in [0.25, 0.3) is 0 Å². The van der Waals surface area contributed by atoms with Gasteiger partial charge in [0.15, 0.2) is 0 Å². The average molecular weight is 401 g/mol. The molecule has 5 heteroatoms. The number of halogens is 1. The van der Waals surface area contributed by atoms with E-state index in [2.05, 4.69) is 36.2 Å². The molecule has 1 amide bonds. The second-order valence-corrected chi connectivity index (χ2v) is 8.67. The predicted octanol–water partition coefficient (Wildman–Crippen LogP) is 3.86. The summed E-state index contributed by atoms with van der Waals surface area (Å²) < 4.78 is 0. The van der Waals surface area contributed by atoms with Gasteiger partial charge in [0, 0.05) is 18.0 Å². The van der Waals surface area contributed by atoms with Crippen LogP contribution in [0.3, 0.4) is 0 Å². The molecule has 0 aliphatic heterocycles. The number of phenolic OH excluding ortho intramolecular Hbond substituents is 1. The van der Waals surface area contributed by atoms with E-state index in [-0.39, 0.29) is 29.0 Å². The van der Waals surface area contributed by atoms with Crippen LogP contribution >= 0.6 is 11.6 Å². The molecule has 3 rings (SSSR count). The van der Waals surface area contributed by atoms with Gasteiger partial charge in [-0.1, -0.05) is 61.8 Å². The van der Waals surface area contributed by atoms with Crippen molar-refractivity contribution in [3.8, 4) is 5.75 Å². The van der Waals surface area contributed by atoms with E-state index in [0.717, 1.165) is 12.0 Å². The van der Waals surface area contributed by atoms with Crippen LogP contribution in [0.4, 0.5) is 0 Å². The van der Waals surface area contributed by atoms with Crippen molar-refractivity contribution in [3.63, 3.8) is 0 Å². The fourth-order valence-corrected chi connectivity index (χ4v) is 4.39. The molecule has 0 aromatic heterocycles. The molecule has 2 aromatic rings. The minimum atomic E-state index is -0.0938. The molecule has 4 atom stereocenters. The van der Waals surface area contributed by atoms with Gasteiger partial charge in [-0.3, -0.25) is 4.79 Å². The van der Waals surface area contributed by atoms with Gasteiger partial charge in [-0.2, -0.15) is 0 Å². The van der Waals surface area contributed by atoms with Crippen LogP contribution in [0.5, 0.6) is 5.75 Å². The minimum absolute atomic E-state index is 0.000768. The summed E-state index contributed by atoms with van der Waals surface area (Å²) in [4.78, 5) is 15.0. The van der Waals surface area contributed by atoms with Gasteiger partial charge < -0.3 is 15.3 Å². The zero-order valence-corrected chi connectivity index (χ0v) is 17.7. The molecule has 0 radical (unpaired) electrons. The Bertz CT molecular complexity index is 840. The van der Waals surface area contributed by atoms with E-state index in [1.807, 2.05) is 38.4 Å². The van der Waals surface area contributed by atoms with Crippen molar-refractivity contribution in [1.82, 2.24) is 10.2 Å². The molecule has 1 aliphatic rings. The predicted molar refractivity (Wildman–Crippen MR) is 114 cm³/mol. The van der Waals surface area contributed by atoms with Crippen LogP contribution in [0, 0.1) is 11.8 Å². The van der Waals surface area contributed by atoms with Crippen molar-refractivity contribution in [3.05, 3.63) is 64.7 Å². The zero-order chi connectivity index (χ0) is 20.5. The largest absolute Gasteiger partial charge is 0.506 e. The van der Waals surface area contributed by atoms with Crippen LogP contribution < -0.4 is 5.32 Å². The molecule has 2 unspecified atom stereocenters. The lowest BCUT2D eigenvalue weighted by atomic mass is 9.94. The molecular weight excluding hydrogens is 372 g/mol. The smallest absolute Gasteiger partial charge is 0.224 e. The molecule has 28 heavy (non-hydrogen) atoms. The molecule has 0 bridgehead atoms. The van der Waals surface area contributed by atoms with Crippen molar-refractivity contribution in [2.75, 3.05) is 20.6 Å². The Kier molecular flexibility index (Phi) is 6.01. The van der Waals surface area contributed by atoms with Crippen LogP contribution in [0.1, 0.15) is 25.0 Å². The summed E-state index contributed by atoms with van der Waals surface area (Å²) in [5.41, 5.74) is 2.17. The lowest BCUT2D eigenvalue weighted by Crippen LogP contribution is -2.42. The molecule has 2 aromatic carbocycles. The van der Waals surface area contributed by atoms with Gasteiger partial charge in [0.1, 0.15) is 5.75 Å². The standard InChI is InChI=1S/C23H29ClN2O2/c1-15-21(23(15,2)17-8-6-5-7-9-17)22(28)25-14-18(26(3)4)12-16-10-11-20(27)19(24)13-16/h5-11,13,15,18,21,27H,12,14H2,1-4H3,(H,25,28)/t15?,18-,21?,23+/m0/s1. The second kappa shape index (κ2) is 8.14. The number of benzene rings is 2. The SMILES string of the molecule is CC1C(C(=O)NC[C@H](Cc2ccc(O)c(Cl)c2)N(C)C)[C@@]1(C)c1ccccc1. The number of hydrogen-bond donors (Lipinski definition) is 2. The first-order chi connectivity index (χ1) is 13.2. The summed E-state index contributed by atoms with van der Waals surface area (Å²) in [6, 6.07) is 15.7. The van der Waals surface area contributed by atoms with Crippen molar-refractivity contribution in [2.24, 2.45) is 11.8 Å². The fourth-order valence-electron chi connectivity index (χ4n) is 4.18. The third kappa shape index (κ3) is 4.03. The van der Waals surface area contributed by atoms with Crippen LogP contribution in [0.15, 0.2) is 48.5 Å². The first-order valence-electron chi connectivity index (χ1n) is 9.72. The Morgan fingerprint density at radius 2 is 1.93 bits per heavy atom. The van der Waals surface area contributed by atoms with Gasteiger partial charge in [-0.15, -0.1) is 0 Å². The quantitative estimate of drug-likeness (QED) is 0.742. The Labute approximate surface area is 172 Å². The first kappa shape index (κ1) is 20.7. The van der Waals surface area contributed by atoms with E-state index in [1.54, 1.807) is 12.1 Å². The number of hydrogen-bond acceptors (Lipinski definition) is 3. The third-order valence-electron chi connectivity index (χ3n) is 6.39. The minimum Gasteiger partial charge on any atom is -0.506 e. The molecular formula is C23H29ClN2O2. The highest BCUT2D eigenvalue weighted by Gasteiger charge is 2.62. The highest BCUT2D eigenvalue weighted by Crippen LogP contribution is 2.59. The van der Waals surface area contributed by atoms with Gasteiger partial charge in [0.05, 0.1) is 10.9 Å². The molecule has 1 fully saturated rings. The summed E-state index contributed by atoms with van der Waals surface area (Å²) in [5.74, 6) is 0.530. The van der Waals surface area contributed by atoms with Gasteiger partial charge in [-0.25, -0.2) is 0 Å². The van der Waals surface area contributed by atoms with Crippen LogP contribution in [-0.2, 0) is 16.6 Å². The molecule has 0 saturated heterocycles. The average Bonchev–Trinajstić information content (AvgIpc) is 3.24. The topological polar surface area (TPSA) is 52.6 Å². The summed E-state index contributed by atoms with van der Waals surface area (Å²) in [6.07, 6.45) is 0.740. The highest BCUT2D eigenvalue weighted by molar-refractivity contribution is 6.32. The Morgan fingerprint density at radius 1 is 1.25 bits per heavy atom. The van der Waals surface area contributed by atoms with E-state index in [4.69, 9.17) is 11.6 Å². The van der Waals surface area contributed by atoms with E-state index >= 15 is 0 Å². The zero-order valence-electron chi connectivity index (χ0n) is 16.9. The molecule has 4 nitrogen and oxygen atoms in total. The maximum Gasteiger partial charge on any atom is 0.224 e. The van der Waals surface area contributed by atoms with Crippen molar-refractivity contribution in [1.29, 1.82) is 0 Å². The Morgan fingerprint density at radius 3 is 2.54 bits per heavy atom. The number of aromatic hydroxyl groups is 1. The van der Waals surface area contributed by atoms with Crippen LogP contribution in [-0.4, -0.2) is 42.6 Å². The molecule has 2 N–H and O–H groups in total. The van der Waals surface area contributed by atoms with Gasteiger partial charge >= 0.3 is 0 Å². The van der Waals surface area contributed by atoms with Crippen molar-refractivity contribution >= 4 is 17.5 Å². The highest BCUT2D eigenvalue weighted by atomic mass is 35.5. The number of carbonyl (C=O) groups is 1. The normalized spacial score (nSPS) is 24.8. The Balaban J connectivity index is 1.62. The maximum atomic E-state index is 12.9. The number of phenols is 1. The maximum absolute atomic E-state index is 12.9. The number of carbonyl (C=O) groups excluding carboxylic acids is 1. The number of nitrogens with zero attached hydrogens (tertiary/aromatic N) is 1. The molecule has 1 saturated carbocycles. The number of likely N-dealkylation sites (N-methyl/N-ethyl adjacent to an activating group) is 1. The van der Waals surface area contributed by atoms with Crippen molar-refractivity contribution < 1.29 is 9.90 Å². The van der Waals surface area contributed by atoms with E-state index < -0.39 is 0 Å². The number of rotatable bonds is 7. The van der Waals surface area contributed by atoms with Gasteiger partial charge in [0.2, 0.25) is 5.91 Å². The molecule has 150 valence electrons. The van der Waals surface area contributed by atoms with Crippen LogP contribution in [0.25, 0.3) is 0 Å². The van der Waals surface area contributed by atoms with E-state index in [0.29, 0.717) is 17.5 Å². The second-order valence-electron chi connectivity index (χ2n) is 8.27. The van der Waals surface area contributed by atoms with Crippen LogP contribution in [0.2, 0.25) is 5.02 Å². The lowest BCUT2D eigenvalue weighted by molar-refractivity contribution is -0.123. The summed E-state index contributed by atoms with van der Waals surface area (Å²) in [6.45, 7) is 4.90. The fraction of sp³-hybridized carbons (Fsp3) is 0.435. The van der Waals surface area contributed by atoms with Crippen molar-refractivity contribution in [2.45, 2.75) is 31.7 Å². The van der Waals surface area contributed by atoms with E-state index in [9.17, 15) is 9.90 Å². The summed E-state index contributed by atoms with van der Waals surface area (Å²) in [7, 11) is 4.01. The molecule has 0 heterocycles. The third-order valence-corrected chi connectivity index (χ3v) is 6.69. The molecule has 1 aliphatic carbocycles. The number of nitrogens with one attached hydrogen (secondary N) is 1. The Hall–Kier alpha value is -2.04. The number of amides is 1. The van der Waals surface area contributed by atoms with Gasteiger partial charge in [-0.05, 0) is 49.7 Å². The monoisotopic (exact) mass is 400 g/mol. The van der Waals surface area contributed by atoms with E-state index in [1.165, 1.54) is 5.56 Å². The summed E-state index contributed by atoms with van der Waals surface area (Å²) in [5, 5.41) is 13.1. The summed E-state index contributed by atoms with van der Waals surface area (Å²) >= 11 is 6.03. The molecule has 0 spiro atoms. The lowest BCUT2D eigenvalue weighted by Gasteiger charge is -2.25. The first-order valence-corrected chi connectivity index (χ1v) is 10.1.